The fraction of sp³-hybridized carbons (Fsp3) is 0.100. The van der Waals surface area contributed by atoms with Gasteiger partial charge in [0.15, 0.2) is 6.61 Å². The Hall–Kier alpha value is -3.25. The lowest BCUT2D eigenvalue weighted by molar-refractivity contribution is -0.119. The number of halogens is 1. The molecule has 0 unspecified atom stereocenters. The van der Waals surface area contributed by atoms with Crippen molar-refractivity contribution in [1.29, 1.82) is 0 Å². The molecule has 3 aromatic rings. The molecule has 6 nitrogen and oxygen atoms in total. The van der Waals surface area contributed by atoms with Crippen molar-refractivity contribution in [2.75, 3.05) is 11.9 Å². The molecule has 0 aliphatic heterocycles. The van der Waals surface area contributed by atoms with Crippen molar-refractivity contribution in [2.24, 2.45) is 0 Å². The van der Waals surface area contributed by atoms with Gasteiger partial charge in [0.05, 0.1) is 0 Å². The van der Waals surface area contributed by atoms with Crippen LogP contribution >= 0.6 is 11.6 Å². The van der Waals surface area contributed by atoms with Gasteiger partial charge < -0.3 is 20.3 Å². The maximum atomic E-state index is 12.2. The number of hydrogen-bond acceptors (Lipinski definition) is 5. The first-order chi connectivity index (χ1) is 12.9. The summed E-state index contributed by atoms with van der Waals surface area (Å²) < 4.78 is 4.95. The number of nitrogens with one attached hydrogen (secondary N) is 1. The summed E-state index contributed by atoms with van der Waals surface area (Å²) in [7, 11) is 0. The summed E-state index contributed by atoms with van der Waals surface area (Å²) in [5, 5.41) is 24.1. The topological polar surface area (TPSA) is 95.9 Å². The zero-order valence-electron chi connectivity index (χ0n) is 14.3. The Morgan fingerprint density at radius 3 is 2.48 bits per heavy atom. The molecule has 3 aromatic carbocycles. The van der Waals surface area contributed by atoms with Crippen LogP contribution in [0, 0.1) is 6.92 Å². The number of carbonyl (C=O) groups excluding carboxylic acids is 2. The summed E-state index contributed by atoms with van der Waals surface area (Å²) in [4.78, 5) is 24.2. The van der Waals surface area contributed by atoms with E-state index < -0.39 is 18.5 Å². The normalized spacial score (nSPS) is 10.6. The molecule has 0 spiro atoms. The quantitative estimate of drug-likeness (QED) is 0.466. The van der Waals surface area contributed by atoms with Gasteiger partial charge in [-0.1, -0.05) is 41.9 Å². The van der Waals surface area contributed by atoms with Crippen LogP contribution in [0.4, 0.5) is 5.69 Å². The number of hydrogen-bond donors (Lipinski definition) is 3. The number of ether oxygens (including phenoxy) is 1. The van der Waals surface area contributed by atoms with E-state index in [1.807, 2.05) is 6.92 Å². The van der Waals surface area contributed by atoms with Crippen LogP contribution < -0.4 is 5.32 Å². The maximum Gasteiger partial charge on any atom is 0.342 e. The van der Waals surface area contributed by atoms with E-state index in [9.17, 15) is 19.8 Å². The molecule has 0 bridgehead atoms. The van der Waals surface area contributed by atoms with Crippen molar-refractivity contribution < 1.29 is 24.5 Å². The molecule has 3 rings (SSSR count). The van der Waals surface area contributed by atoms with Crippen LogP contribution in [0.15, 0.2) is 48.5 Å². The van der Waals surface area contributed by atoms with Crippen LogP contribution in [0.25, 0.3) is 10.8 Å². The number of rotatable bonds is 4. The van der Waals surface area contributed by atoms with Gasteiger partial charge in [-0.2, -0.15) is 0 Å². The molecule has 0 fully saturated rings. The first-order valence-electron chi connectivity index (χ1n) is 8.03. The number of aryl methyl sites for hydroxylation is 1. The van der Waals surface area contributed by atoms with E-state index >= 15 is 0 Å². The van der Waals surface area contributed by atoms with Crippen LogP contribution in [0.5, 0.6) is 11.5 Å². The van der Waals surface area contributed by atoms with Gasteiger partial charge in [-0.3, -0.25) is 4.79 Å². The van der Waals surface area contributed by atoms with Crippen LogP contribution in [0.1, 0.15) is 15.9 Å². The van der Waals surface area contributed by atoms with Crippen molar-refractivity contribution in [3.05, 3.63) is 64.7 Å². The molecule has 0 heterocycles. The van der Waals surface area contributed by atoms with Gasteiger partial charge in [-0.15, -0.1) is 0 Å². The lowest BCUT2D eigenvalue weighted by Gasteiger charge is -2.10. The van der Waals surface area contributed by atoms with E-state index in [0.29, 0.717) is 21.5 Å². The minimum Gasteiger partial charge on any atom is -0.507 e. The van der Waals surface area contributed by atoms with Crippen LogP contribution in [0.2, 0.25) is 5.02 Å². The van der Waals surface area contributed by atoms with Crippen molar-refractivity contribution >= 4 is 39.9 Å². The number of aromatic hydroxyl groups is 2. The van der Waals surface area contributed by atoms with E-state index in [1.54, 1.807) is 42.5 Å². The van der Waals surface area contributed by atoms with Crippen LogP contribution in [-0.2, 0) is 9.53 Å². The third-order valence-electron chi connectivity index (χ3n) is 4.00. The second kappa shape index (κ2) is 7.55. The highest BCUT2D eigenvalue weighted by atomic mass is 35.5. The predicted octanol–water partition coefficient (Wildman–Crippen LogP) is 4.01. The van der Waals surface area contributed by atoms with Crippen molar-refractivity contribution in [2.45, 2.75) is 6.92 Å². The van der Waals surface area contributed by atoms with Gasteiger partial charge in [0, 0.05) is 21.5 Å². The van der Waals surface area contributed by atoms with Gasteiger partial charge in [-0.05, 0) is 30.7 Å². The summed E-state index contributed by atoms with van der Waals surface area (Å²) >= 11 is 6.00. The van der Waals surface area contributed by atoms with Crippen LogP contribution in [0.3, 0.4) is 0 Å². The summed E-state index contributed by atoms with van der Waals surface area (Å²) in [6, 6.07) is 12.7. The molecule has 0 atom stereocenters. The van der Waals surface area contributed by atoms with Crippen molar-refractivity contribution in [1.82, 2.24) is 0 Å². The Morgan fingerprint density at radius 1 is 1.07 bits per heavy atom. The van der Waals surface area contributed by atoms with E-state index in [2.05, 4.69) is 5.32 Å². The number of anilines is 1. The molecule has 1 amide bonds. The summed E-state index contributed by atoms with van der Waals surface area (Å²) in [5.74, 6) is -1.98. The monoisotopic (exact) mass is 385 g/mol. The number of carbonyl (C=O) groups is 2. The minimum absolute atomic E-state index is 0.172. The smallest absolute Gasteiger partial charge is 0.342 e. The highest BCUT2D eigenvalue weighted by Crippen LogP contribution is 2.35. The Kier molecular flexibility index (Phi) is 5.19. The molecular formula is C20H16ClNO5. The van der Waals surface area contributed by atoms with E-state index in [4.69, 9.17) is 16.3 Å². The lowest BCUT2D eigenvalue weighted by Crippen LogP contribution is -2.21. The van der Waals surface area contributed by atoms with Gasteiger partial charge in [0.2, 0.25) is 0 Å². The molecule has 0 aromatic heterocycles. The first-order valence-corrected chi connectivity index (χ1v) is 8.41. The lowest BCUT2D eigenvalue weighted by atomic mass is 10.0. The maximum absolute atomic E-state index is 12.2. The third-order valence-corrected chi connectivity index (χ3v) is 4.41. The largest absolute Gasteiger partial charge is 0.507 e. The Labute approximate surface area is 160 Å². The fourth-order valence-corrected chi connectivity index (χ4v) is 2.75. The van der Waals surface area contributed by atoms with Crippen LogP contribution in [-0.4, -0.2) is 28.7 Å². The van der Waals surface area contributed by atoms with Crippen molar-refractivity contribution in [3.63, 3.8) is 0 Å². The molecule has 0 aliphatic rings. The first kappa shape index (κ1) is 18.5. The third kappa shape index (κ3) is 3.96. The van der Waals surface area contributed by atoms with Gasteiger partial charge >= 0.3 is 5.97 Å². The SMILES string of the molecule is Cc1ccc(NC(=O)COC(=O)c2cc(O)c3ccccc3c2O)cc1Cl. The molecule has 0 saturated carbocycles. The molecule has 0 radical (unpaired) electrons. The number of benzene rings is 3. The Bertz CT molecular complexity index is 1050. The van der Waals surface area contributed by atoms with Crippen molar-refractivity contribution in [3.8, 4) is 11.5 Å². The second-order valence-corrected chi connectivity index (χ2v) is 6.33. The van der Waals surface area contributed by atoms with Gasteiger partial charge in [-0.25, -0.2) is 4.79 Å². The number of phenolic OH excluding ortho intramolecular Hbond substituents is 2. The molecular weight excluding hydrogens is 370 g/mol. The fourth-order valence-electron chi connectivity index (χ4n) is 2.57. The summed E-state index contributed by atoms with van der Waals surface area (Å²) in [6.45, 7) is 1.28. The summed E-state index contributed by atoms with van der Waals surface area (Å²) in [6.07, 6.45) is 0. The average molecular weight is 386 g/mol. The highest BCUT2D eigenvalue weighted by Gasteiger charge is 2.19. The van der Waals surface area contributed by atoms with E-state index in [1.165, 1.54) is 0 Å². The number of esters is 1. The highest BCUT2D eigenvalue weighted by molar-refractivity contribution is 6.31. The van der Waals surface area contributed by atoms with Gasteiger partial charge in [0.1, 0.15) is 17.1 Å². The molecule has 27 heavy (non-hydrogen) atoms. The minimum atomic E-state index is -0.925. The molecule has 0 aliphatic carbocycles. The molecule has 7 heteroatoms. The standard InChI is InChI=1S/C20H16ClNO5/c1-11-6-7-12(8-16(11)21)22-18(24)10-27-20(26)15-9-17(23)13-4-2-3-5-14(13)19(15)25/h2-9,23,25H,10H2,1H3,(H,22,24). The Morgan fingerprint density at radius 2 is 1.78 bits per heavy atom. The second-order valence-electron chi connectivity index (χ2n) is 5.93. The number of fused-ring (bicyclic) bond motifs is 1. The molecule has 0 saturated heterocycles. The van der Waals surface area contributed by atoms with Gasteiger partial charge in [0.25, 0.3) is 5.91 Å². The molecule has 3 N–H and O–H groups in total. The Balaban J connectivity index is 1.70. The average Bonchev–Trinajstić information content (AvgIpc) is 2.66. The summed E-state index contributed by atoms with van der Waals surface area (Å²) in [5.41, 5.74) is 1.11. The van der Waals surface area contributed by atoms with E-state index in [-0.39, 0.29) is 17.1 Å². The molecule has 138 valence electrons. The van der Waals surface area contributed by atoms with E-state index in [0.717, 1.165) is 11.6 Å². The number of amides is 1. The number of phenols is 2. The predicted molar refractivity (Wildman–Crippen MR) is 102 cm³/mol. The zero-order chi connectivity index (χ0) is 19.6. The zero-order valence-corrected chi connectivity index (χ0v) is 15.1.